The minimum atomic E-state index is -0.234. The second kappa shape index (κ2) is 11.5. The number of rotatable bonds is 11. The Morgan fingerprint density at radius 2 is 1.74 bits per heavy atom. The molecule has 0 radical (unpaired) electrons. The Kier molecular flexibility index (Phi) is 9.33. The first-order valence-electron chi connectivity index (χ1n) is 10.4. The summed E-state index contributed by atoms with van der Waals surface area (Å²) in [5, 5.41) is 0.617. The number of allylic oxidation sites excluding steroid dienone is 1. The molecule has 0 unspecified atom stereocenters. The van der Waals surface area contributed by atoms with Gasteiger partial charge in [0.2, 0.25) is 0 Å². The first kappa shape index (κ1) is 25.2. The van der Waals surface area contributed by atoms with E-state index >= 15 is 0 Å². The molecule has 0 spiro atoms. The Bertz CT molecular complexity index is 915. The Hall–Kier alpha value is -2.10. The minimum absolute atomic E-state index is 0.234. The molecule has 0 aliphatic rings. The van der Waals surface area contributed by atoms with Crippen molar-refractivity contribution in [3.8, 4) is 11.5 Å². The average molecular weight is 463 g/mol. The van der Waals surface area contributed by atoms with Crippen molar-refractivity contribution >= 4 is 23.2 Å². The number of benzene rings is 2. The molecule has 2 aromatic rings. The van der Waals surface area contributed by atoms with E-state index in [1.165, 1.54) is 5.56 Å². The Balaban J connectivity index is 2.19. The van der Waals surface area contributed by atoms with Crippen LogP contribution in [0.25, 0.3) is 0 Å². The van der Waals surface area contributed by atoms with Crippen LogP contribution >= 0.6 is 23.2 Å². The van der Waals surface area contributed by atoms with Gasteiger partial charge in [0.05, 0.1) is 22.9 Å². The van der Waals surface area contributed by atoms with Crippen LogP contribution in [-0.2, 0) is 16.6 Å². The number of ether oxygens (including phenoxy) is 3. The van der Waals surface area contributed by atoms with E-state index in [-0.39, 0.29) is 5.41 Å². The lowest BCUT2D eigenvalue weighted by Crippen LogP contribution is -2.19. The van der Waals surface area contributed by atoms with Gasteiger partial charge in [-0.1, -0.05) is 57.2 Å². The molecule has 5 heteroatoms. The van der Waals surface area contributed by atoms with Crippen molar-refractivity contribution < 1.29 is 14.2 Å². The predicted molar refractivity (Wildman–Crippen MR) is 131 cm³/mol. The normalized spacial score (nSPS) is 11.9. The fraction of sp³-hybridized carbons (Fsp3) is 0.385. The Morgan fingerprint density at radius 1 is 1.06 bits per heavy atom. The summed E-state index contributed by atoms with van der Waals surface area (Å²) < 4.78 is 16.9. The third-order valence-electron chi connectivity index (χ3n) is 5.05. The molecule has 2 rings (SSSR count). The van der Waals surface area contributed by atoms with Crippen LogP contribution in [0.4, 0.5) is 0 Å². The lowest BCUT2D eigenvalue weighted by atomic mass is 9.77. The third-order valence-corrected chi connectivity index (χ3v) is 5.49. The zero-order chi connectivity index (χ0) is 23.0. The van der Waals surface area contributed by atoms with Gasteiger partial charge < -0.3 is 14.2 Å². The van der Waals surface area contributed by atoms with Crippen LogP contribution in [0.3, 0.4) is 0 Å². The van der Waals surface area contributed by atoms with E-state index in [9.17, 15) is 0 Å². The molecule has 0 bridgehead atoms. The van der Waals surface area contributed by atoms with Crippen molar-refractivity contribution in [1.82, 2.24) is 0 Å². The number of alkyl halides is 1. The molecule has 168 valence electrons. The summed E-state index contributed by atoms with van der Waals surface area (Å²) in [6, 6.07) is 12.3. The van der Waals surface area contributed by atoms with Gasteiger partial charge in [-0.15, -0.1) is 11.6 Å². The van der Waals surface area contributed by atoms with Gasteiger partial charge in [0.15, 0.2) is 0 Å². The highest BCUT2D eigenvalue weighted by atomic mass is 35.5. The lowest BCUT2D eigenvalue weighted by Gasteiger charge is -2.28. The van der Waals surface area contributed by atoms with Crippen LogP contribution in [0.2, 0.25) is 5.02 Å². The smallest absolute Gasteiger partial charge is 0.141 e. The molecule has 0 aliphatic heterocycles. The highest BCUT2D eigenvalue weighted by molar-refractivity contribution is 6.32. The van der Waals surface area contributed by atoms with E-state index in [0.29, 0.717) is 29.9 Å². The molecule has 0 heterocycles. The predicted octanol–water partition coefficient (Wildman–Crippen LogP) is 7.68. The third kappa shape index (κ3) is 6.95. The summed E-state index contributed by atoms with van der Waals surface area (Å²) in [5.74, 6) is 2.61. The quantitative estimate of drug-likeness (QED) is 0.253. The number of aryl methyl sites for hydroxylation is 1. The summed E-state index contributed by atoms with van der Waals surface area (Å²) in [6.45, 7) is 14.8. The van der Waals surface area contributed by atoms with Crippen LogP contribution in [0.1, 0.15) is 51.3 Å². The van der Waals surface area contributed by atoms with E-state index < -0.39 is 0 Å². The number of hydrogen-bond donors (Lipinski definition) is 0. The molecule has 0 atom stereocenters. The van der Waals surface area contributed by atoms with Gasteiger partial charge in [0.25, 0.3) is 0 Å². The van der Waals surface area contributed by atoms with Crippen LogP contribution in [-0.4, -0.2) is 19.1 Å². The highest BCUT2D eigenvalue weighted by Crippen LogP contribution is 2.39. The number of hydrogen-bond acceptors (Lipinski definition) is 3. The largest absolute Gasteiger partial charge is 0.490 e. The minimum Gasteiger partial charge on any atom is -0.490 e. The summed E-state index contributed by atoms with van der Waals surface area (Å²) in [4.78, 5) is 0. The van der Waals surface area contributed by atoms with Crippen molar-refractivity contribution in [2.75, 3.05) is 19.1 Å². The molecule has 0 saturated carbocycles. The molecule has 0 aromatic heterocycles. The zero-order valence-electron chi connectivity index (χ0n) is 19.1. The van der Waals surface area contributed by atoms with Crippen LogP contribution in [0.15, 0.2) is 60.6 Å². The molecule has 3 nitrogen and oxygen atoms in total. The molecule has 31 heavy (non-hydrogen) atoms. The number of halogens is 2. The molecule has 0 amide bonds. The van der Waals surface area contributed by atoms with Crippen molar-refractivity contribution in [1.29, 1.82) is 0 Å². The zero-order valence-corrected chi connectivity index (χ0v) is 20.6. The van der Waals surface area contributed by atoms with Crippen LogP contribution in [0.5, 0.6) is 11.5 Å². The van der Waals surface area contributed by atoms with Crippen LogP contribution < -0.4 is 9.47 Å². The molecule has 0 aliphatic carbocycles. The maximum Gasteiger partial charge on any atom is 0.141 e. The lowest BCUT2D eigenvalue weighted by molar-refractivity contribution is 0.322. The molecule has 0 fully saturated rings. The molecule has 0 N–H and O–H groups in total. The van der Waals surface area contributed by atoms with Gasteiger partial charge in [-0.05, 0) is 60.7 Å². The first-order chi connectivity index (χ1) is 14.7. The second-order valence-electron chi connectivity index (χ2n) is 8.06. The molecular formula is C26H32Cl2O3. The summed E-state index contributed by atoms with van der Waals surface area (Å²) in [5.41, 5.74) is 4.13. The van der Waals surface area contributed by atoms with E-state index in [1.807, 2.05) is 32.0 Å². The van der Waals surface area contributed by atoms with Crippen molar-refractivity contribution in [2.45, 2.75) is 46.5 Å². The van der Waals surface area contributed by atoms with Gasteiger partial charge >= 0.3 is 0 Å². The highest BCUT2D eigenvalue weighted by Gasteiger charge is 2.25. The standard InChI is InChI=1S/C26H32Cl2O3/c1-7-20-14-22(15-24(28)25(20)29-13-12-27)26(5,6)21-8-10-23(11-9-21)31-17-19(4)16-30-18(2)3/h8-11,14-16H,2,7,12-13,17H2,1,3-6H3/b19-16+. The van der Waals surface area contributed by atoms with Gasteiger partial charge in [-0.25, -0.2) is 0 Å². The fourth-order valence-electron chi connectivity index (χ4n) is 3.14. The first-order valence-corrected chi connectivity index (χ1v) is 11.3. The summed E-state index contributed by atoms with van der Waals surface area (Å²) >= 11 is 12.3. The van der Waals surface area contributed by atoms with E-state index in [1.54, 1.807) is 6.26 Å². The molecule has 0 saturated heterocycles. The van der Waals surface area contributed by atoms with E-state index in [0.717, 1.165) is 34.6 Å². The summed E-state index contributed by atoms with van der Waals surface area (Å²) in [7, 11) is 0. The molecule has 2 aromatic carbocycles. The Morgan fingerprint density at radius 3 is 2.32 bits per heavy atom. The monoisotopic (exact) mass is 462 g/mol. The van der Waals surface area contributed by atoms with E-state index in [4.69, 9.17) is 37.4 Å². The second-order valence-corrected chi connectivity index (χ2v) is 8.84. The fourth-order valence-corrected chi connectivity index (χ4v) is 3.51. The molecular weight excluding hydrogens is 431 g/mol. The van der Waals surface area contributed by atoms with Gasteiger partial charge in [-0.2, -0.15) is 0 Å². The maximum atomic E-state index is 6.57. The van der Waals surface area contributed by atoms with Gasteiger partial charge in [-0.3, -0.25) is 0 Å². The van der Waals surface area contributed by atoms with Crippen molar-refractivity contribution in [3.63, 3.8) is 0 Å². The average Bonchev–Trinajstić information content (AvgIpc) is 2.75. The topological polar surface area (TPSA) is 27.7 Å². The SMILES string of the molecule is C=C(C)O/C=C(\C)COc1ccc(C(C)(C)c2cc(Cl)c(OCCCl)c(CC)c2)cc1. The Labute approximate surface area is 196 Å². The summed E-state index contributed by atoms with van der Waals surface area (Å²) in [6.07, 6.45) is 2.49. The van der Waals surface area contributed by atoms with E-state index in [2.05, 4.69) is 45.5 Å². The van der Waals surface area contributed by atoms with Crippen LogP contribution in [0, 0.1) is 0 Å². The van der Waals surface area contributed by atoms with Crippen molar-refractivity contribution in [2.24, 2.45) is 0 Å². The van der Waals surface area contributed by atoms with Gasteiger partial charge in [0, 0.05) is 5.41 Å². The van der Waals surface area contributed by atoms with Gasteiger partial charge in [0.1, 0.15) is 24.7 Å². The maximum absolute atomic E-state index is 6.57. The van der Waals surface area contributed by atoms with Crippen molar-refractivity contribution in [3.05, 3.63) is 82.3 Å².